The maximum absolute atomic E-state index is 13.2. The van der Waals surface area contributed by atoms with Gasteiger partial charge in [0.2, 0.25) is 0 Å². The zero-order valence-corrected chi connectivity index (χ0v) is 13.0. The van der Waals surface area contributed by atoms with Crippen molar-refractivity contribution in [2.24, 2.45) is 0 Å². The zero-order valence-electron chi connectivity index (χ0n) is 13.0. The first-order chi connectivity index (χ1) is 11.1. The number of alkyl halides is 3. The second-order valence-electron chi connectivity index (χ2n) is 5.08. The Morgan fingerprint density at radius 2 is 1.88 bits per heavy atom. The van der Waals surface area contributed by atoms with Crippen molar-refractivity contribution in [2.45, 2.75) is 38.4 Å². The Bertz CT molecular complexity index is 630. The summed E-state index contributed by atoms with van der Waals surface area (Å²) in [6.45, 7) is 2.33. The Hall–Kier alpha value is -2.45. The summed E-state index contributed by atoms with van der Waals surface area (Å²) in [6, 6.07) is 2.08. The molecule has 0 radical (unpaired) electrons. The average molecular weight is 347 g/mol. The molecule has 1 rings (SSSR count). The zero-order chi connectivity index (χ0) is 18.5. The molecule has 6 nitrogen and oxygen atoms in total. The molecule has 0 aromatic heterocycles. The number of nitrogens with zero attached hydrogens (tertiary/aromatic N) is 1. The lowest BCUT2D eigenvalue weighted by atomic mass is 9.84. The van der Waals surface area contributed by atoms with Gasteiger partial charge in [-0.3, -0.25) is 10.1 Å². The largest absolute Gasteiger partial charge is 0.461 e. The molecule has 0 N–H and O–H groups in total. The summed E-state index contributed by atoms with van der Waals surface area (Å²) in [7, 11) is 0. The number of hydrogen-bond acceptors (Lipinski definition) is 5. The van der Waals surface area contributed by atoms with Crippen molar-refractivity contribution in [1.29, 1.82) is 0 Å². The summed E-state index contributed by atoms with van der Waals surface area (Å²) in [4.78, 5) is 33.6. The van der Waals surface area contributed by atoms with Gasteiger partial charge in [-0.05, 0) is 25.5 Å². The predicted octanol–water partition coefficient (Wildman–Crippen LogP) is 2.98. The molecular formula is C15H16F3NO5. The molecule has 9 heteroatoms. The minimum atomic E-state index is -4.78. The molecule has 0 heterocycles. The van der Waals surface area contributed by atoms with Crippen molar-refractivity contribution in [3.8, 4) is 0 Å². The first kappa shape index (κ1) is 19.6. The van der Waals surface area contributed by atoms with Crippen LogP contribution in [0.3, 0.4) is 0 Å². The third kappa shape index (κ3) is 4.77. The van der Waals surface area contributed by atoms with Gasteiger partial charge in [0.25, 0.3) is 0 Å². The second-order valence-corrected chi connectivity index (χ2v) is 5.08. The lowest BCUT2D eigenvalue weighted by molar-refractivity contribution is -0.514. The molecule has 132 valence electrons. The van der Waals surface area contributed by atoms with Crippen molar-refractivity contribution >= 4 is 11.8 Å². The Kier molecular flexibility index (Phi) is 6.44. The number of benzene rings is 1. The standard InChI is InChI=1S/C15H16F3NO5/c1-3-24-14(21)13(19(22)23)11(8-9(2)20)10-6-4-5-7-12(10)15(16,17)18/h4-7,11,13H,3,8H2,1-2H3/t11-,13?/m1/s1. The first-order valence-electron chi connectivity index (χ1n) is 7.05. The molecule has 0 spiro atoms. The summed E-state index contributed by atoms with van der Waals surface area (Å²) in [5.74, 6) is -3.42. The molecule has 0 aliphatic rings. The number of ether oxygens (including phenoxy) is 1. The highest BCUT2D eigenvalue weighted by Gasteiger charge is 2.45. The van der Waals surface area contributed by atoms with Crippen LogP contribution in [0.2, 0.25) is 0 Å². The number of rotatable bonds is 7. The van der Waals surface area contributed by atoms with Crippen molar-refractivity contribution in [1.82, 2.24) is 0 Å². The summed E-state index contributed by atoms with van der Waals surface area (Å²) in [5, 5.41) is 11.3. The predicted molar refractivity (Wildman–Crippen MR) is 76.9 cm³/mol. The molecule has 0 fully saturated rings. The van der Waals surface area contributed by atoms with Crippen LogP contribution in [-0.4, -0.2) is 29.3 Å². The van der Waals surface area contributed by atoms with Crippen LogP contribution in [0.1, 0.15) is 37.3 Å². The highest BCUT2D eigenvalue weighted by molar-refractivity contribution is 5.80. The lowest BCUT2D eigenvalue weighted by Gasteiger charge is -2.22. The van der Waals surface area contributed by atoms with Gasteiger partial charge in [-0.25, -0.2) is 4.79 Å². The van der Waals surface area contributed by atoms with Crippen LogP contribution in [0, 0.1) is 10.1 Å². The summed E-state index contributed by atoms with van der Waals surface area (Å²) in [6.07, 6.45) is -5.36. The SMILES string of the molecule is CCOC(=O)C([C@H](CC(C)=O)c1ccccc1C(F)(F)F)[N+](=O)[O-]. The van der Waals surface area contributed by atoms with Crippen LogP contribution in [0.4, 0.5) is 13.2 Å². The summed E-state index contributed by atoms with van der Waals surface area (Å²) >= 11 is 0. The Morgan fingerprint density at radius 1 is 1.29 bits per heavy atom. The van der Waals surface area contributed by atoms with Gasteiger partial charge in [0, 0.05) is 11.3 Å². The minimum Gasteiger partial charge on any atom is -0.461 e. The number of ketones is 1. The second kappa shape index (κ2) is 7.89. The maximum atomic E-state index is 13.2. The van der Waals surface area contributed by atoms with Gasteiger partial charge in [0.15, 0.2) is 0 Å². The topological polar surface area (TPSA) is 86.5 Å². The first-order valence-corrected chi connectivity index (χ1v) is 7.05. The molecule has 24 heavy (non-hydrogen) atoms. The van der Waals surface area contributed by atoms with Gasteiger partial charge in [0.1, 0.15) is 5.78 Å². The smallest absolute Gasteiger partial charge is 0.416 e. The van der Waals surface area contributed by atoms with Crippen LogP contribution >= 0.6 is 0 Å². The van der Waals surface area contributed by atoms with E-state index in [0.717, 1.165) is 25.1 Å². The number of carbonyl (C=O) groups is 2. The van der Waals surface area contributed by atoms with Crippen molar-refractivity contribution in [2.75, 3.05) is 6.61 Å². The van der Waals surface area contributed by atoms with E-state index in [1.165, 1.54) is 13.0 Å². The van der Waals surface area contributed by atoms with E-state index in [-0.39, 0.29) is 6.61 Å². The Balaban J connectivity index is 3.49. The molecule has 0 aliphatic heterocycles. The van der Waals surface area contributed by atoms with E-state index in [1.807, 2.05) is 0 Å². The minimum absolute atomic E-state index is 0.170. The summed E-state index contributed by atoms with van der Waals surface area (Å²) in [5.41, 5.74) is -1.60. The van der Waals surface area contributed by atoms with Crippen molar-refractivity contribution < 1.29 is 32.4 Å². The van der Waals surface area contributed by atoms with Gasteiger partial charge >= 0.3 is 18.2 Å². The van der Waals surface area contributed by atoms with Crippen LogP contribution in [0.25, 0.3) is 0 Å². The molecule has 0 bridgehead atoms. The normalized spacial score (nSPS) is 13.9. The van der Waals surface area contributed by atoms with Gasteiger partial charge in [-0.2, -0.15) is 13.2 Å². The summed E-state index contributed by atoms with van der Waals surface area (Å²) < 4.78 is 44.2. The molecule has 1 aromatic carbocycles. The number of nitro groups is 1. The van der Waals surface area contributed by atoms with Gasteiger partial charge in [-0.1, -0.05) is 18.2 Å². The maximum Gasteiger partial charge on any atom is 0.416 e. The molecule has 1 aromatic rings. The lowest BCUT2D eigenvalue weighted by Crippen LogP contribution is -2.38. The molecule has 2 atom stereocenters. The van der Waals surface area contributed by atoms with E-state index in [4.69, 9.17) is 0 Å². The number of halogens is 3. The van der Waals surface area contributed by atoms with E-state index >= 15 is 0 Å². The third-order valence-electron chi connectivity index (χ3n) is 3.31. The number of Topliss-reactive ketones (excluding diaryl/α,β-unsaturated/α-hetero) is 1. The number of hydrogen-bond donors (Lipinski definition) is 0. The van der Waals surface area contributed by atoms with Crippen LogP contribution in [-0.2, 0) is 20.5 Å². The van der Waals surface area contributed by atoms with E-state index in [0.29, 0.717) is 0 Å². The quantitative estimate of drug-likeness (QED) is 0.430. The van der Waals surface area contributed by atoms with Crippen LogP contribution in [0.15, 0.2) is 24.3 Å². The van der Waals surface area contributed by atoms with Gasteiger partial charge < -0.3 is 9.53 Å². The van der Waals surface area contributed by atoms with Gasteiger partial charge in [-0.15, -0.1) is 0 Å². The van der Waals surface area contributed by atoms with E-state index in [1.54, 1.807) is 0 Å². The molecule has 0 amide bonds. The Labute approximate surface area is 135 Å². The van der Waals surface area contributed by atoms with Gasteiger partial charge in [0.05, 0.1) is 18.1 Å². The fraction of sp³-hybridized carbons (Fsp3) is 0.467. The molecule has 1 unspecified atom stereocenters. The molecule has 0 saturated carbocycles. The monoisotopic (exact) mass is 347 g/mol. The highest BCUT2D eigenvalue weighted by atomic mass is 19.4. The van der Waals surface area contributed by atoms with Crippen molar-refractivity contribution in [3.63, 3.8) is 0 Å². The number of esters is 1. The third-order valence-corrected chi connectivity index (χ3v) is 3.31. The molecule has 0 aliphatic carbocycles. The Morgan fingerprint density at radius 3 is 2.33 bits per heavy atom. The highest BCUT2D eigenvalue weighted by Crippen LogP contribution is 2.38. The van der Waals surface area contributed by atoms with E-state index in [9.17, 15) is 32.9 Å². The van der Waals surface area contributed by atoms with Crippen LogP contribution in [0.5, 0.6) is 0 Å². The fourth-order valence-corrected chi connectivity index (χ4v) is 2.40. The van der Waals surface area contributed by atoms with E-state index in [2.05, 4.69) is 4.74 Å². The molecule has 0 saturated heterocycles. The fourth-order valence-electron chi connectivity index (χ4n) is 2.40. The molecular weight excluding hydrogens is 331 g/mol. The van der Waals surface area contributed by atoms with Crippen molar-refractivity contribution in [3.05, 3.63) is 45.5 Å². The van der Waals surface area contributed by atoms with Crippen LogP contribution < -0.4 is 0 Å². The van der Waals surface area contributed by atoms with E-state index < -0.39 is 52.4 Å². The average Bonchev–Trinajstić information content (AvgIpc) is 2.45. The number of carbonyl (C=O) groups excluding carboxylic acids is 2.